The number of nitrogens with one attached hydrogen (secondary N) is 2. The molecular weight excluding hydrogens is 240 g/mol. The first-order chi connectivity index (χ1) is 9.38. The van der Waals surface area contributed by atoms with Crippen LogP contribution >= 0.6 is 0 Å². The summed E-state index contributed by atoms with van der Waals surface area (Å²) in [6.07, 6.45) is 3.40. The molecule has 0 atom stereocenters. The van der Waals surface area contributed by atoms with E-state index >= 15 is 0 Å². The molecule has 0 fully saturated rings. The van der Waals surface area contributed by atoms with Crippen LogP contribution in [0.15, 0.2) is 42.9 Å². The SMILES string of the molecule is COc1ccccc1CNc1ncnc2[nH]ccc12. The van der Waals surface area contributed by atoms with Gasteiger partial charge in [0.2, 0.25) is 0 Å². The van der Waals surface area contributed by atoms with Gasteiger partial charge in [-0.25, -0.2) is 9.97 Å². The van der Waals surface area contributed by atoms with Gasteiger partial charge in [0, 0.05) is 18.3 Å². The van der Waals surface area contributed by atoms with Crippen molar-refractivity contribution in [2.45, 2.75) is 6.54 Å². The Kier molecular flexibility index (Phi) is 3.02. The summed E-state index contributed by atoms with van der Waals surface area (Å²) in [4.78, 5) is 11.5. The zero-order valence-corrected chi connectivity index (χ0v) is 10.6. The van der Waals surface area contributed by atoms with Gasteiger partial charge in [0.1, 0.15) is 23.5 Å². The maximum atomic E-state index is 5.33. The highest BCUT2D eigenvalue weighted by molar-refractivity contribution is 5.86. The second kappa shape index (κ2) is 4.97. The zero-order chi connectivity index (χ0) is 13.1. The number of hydrogen-bond donors (Lipinski definition) is 2. The molecule has 0 bridgehead atoms. The van der Waals surface area contributed by atoms with Crippen LogP contribution in [0.3, 0.4) is 0 Å². The molecule has 0 aliphatic carbocycles. The Labute approximate surface area is 110 Å². The summed E-state index contributed by atoms with van der Waals surface area (Å²) in [6, 6.07) is 9.88. The average Bonchev–Trinajstić information content (AvgIpc) is 2.94. The molecular formula is C14H14N4O. The Morgan fingerprint density at radius 1 is 1.21 bits per heavy atom. The number of hydrogen-bond acceptors (Lipinski definition) is 4. The van der Waals surface area contributed by atoms with Gasteiger partial charge in [-0.3, -0.25) is 0 Å². The molecule has 5 heteroatoms. The maximum Gasteiger partial charge on any atom is 0.142 e. The lowest BCUT2D eigenvalue weighted by molar-refractivity contribution is 0.410. The van der Waals surface area contributed by atoms with E-state index in [0.29, 0.717) is 6.54 Å². The summed E-state index contributed by atoms with van der Waals surface area (Å²) in [6.45, 7) is 0.654. The molecule has 3 aromatic rings. The predicted molar refractivity (Wildman–Crippen MR) is 74.2 cm³/mol. The minimum Gasteiger partial charge on any atom is -0.496 e. The number of aromatic nitrogens is 3. The number of rotatable bonds is 4. The quantitative estimate of drug-likeness (QED) is 0.751. The van der Waals surface area contributed by atoms with Gasteiger partial charge in [0.05, 0.1) is 12.5 Å². The first kappa shape index (κ1) is 11.5. The van der Waals surface area contributed by atoms with Crippen molar-refractivity contribution in [3.63, 3.8) is 0 Å². The fourth-order valence-corrected chi connectivity index (χ4v) is 2.04. The number of methoxy groups -OCH3 is 1. The lowest BCUT2D eigenvalue weighted by Crippen LogP contribution is -2.03. The molecule has 0 radical (unpaired) electrons. The Hall–Kier alpha value is -2.56. The molecule has 3 rings (SSSR count). The summed E-state index contributed by atoms with van der Waals surface area (Å²) in [5, 5.41) is 4.30. The van der Waals surface area contributed by atoms with E-state index in [1.165, 1.54) is 0 Å². The first-order valence-electron chi connectivity index (χ1n) is 6.02. The molecule has 1 aromatic carbocycles. The van der Waals surface area contributed by atoms with E-state index < -0.39 is 0 Å². The van der Waals surface area contributed by atoms with Crippen molar-refractivity contribution in [2.75, 3.05) is 12.4 Å². The largest absolute Gasteiger partial charge is 0.496 e. The van der Waals surface area contributed by atoms with E-state index in [0.717, 1.165) is 28.2 Å². The number of fused-ring (bicyclic) bond motifs is 1. The molecule has 0 aliphatic heterocycles. The van der Waals surface area contributed by atoms with Gasteiger partial charge in [-0.05, 0) is 12.1 Å². The van der Waals surface area contributed by atoms with E-state index in [-0.39, 0.29) is 0 Å². The number of H-pyrrole nitrogens is 1. The highest BCUT2D eigenvalue weighted by Gasteiger charge is 2.05. The average molecular weight is 254 g/mol. The molecule has 0 saturated heterocycles. The fraction of sp³-hybridized carbons (Fsp3) is 0.143. The third-order valence-electron chi connectivity index (χ3n) is 2.99. The summed E-state index contributed by atoms with van der Waals surface area (Å²) in [5.41, 5.74) is 1.92. The van der Waals surface area contributed by atoms with Gasteiger partial charge in [0.15, 0.2) is 0 Å². The van der Waals surface area contributed by atoms with Crippen molar-refractivity contribution < 1.29 is 4.74 Å². The molecule has 2 N–H and O–H groups in total. The normalized spacial score (nSPS) is 10.6. The predicted octanol–water partition coefficient (Wildman–Crippen LogP) is 2.58. The van der Waals surface area contributed by atoms with Gasteiger partial charge in [-0.1, -0.05) is 18.2 Å². The van der Waals surface area contributed by atoms with Crippen molar-refractivity contribution in [1.82, 2.24) is 15.0 Å². The van der Waals surface area contributed by atoms with Gasteiger partial charge in [-0.2, -0.15) is 0 Å². The summed E-state index contributed by atoms with van der Waals surface area (Å²) in [5.74, 6) is 1.69. The number of aromatic amines is 1. The van der Waals surface area contributed by atoms with Crippen LogP contribution in [0.4, 0.5) is 5.82 Å². The Morgan fingerprint density at radius 2 is 2.11 bits per heavy atom. The van der Waals surface area contributed by atoms with Crippen molar-refractivity contribution in [3.8, 4) is 5.75 Å². The third kappa shape index (κ3) is 2.22. The molecule has 0 amide bonds. The maximum absolute atomic E-state index is 5.33. The second-order valence-corrected chi connectivity index (χ2v) is 4.13. The monoisotopic (exact) mass is 254 g/mol. The lowest BCUT2D eigenvalue weighted by Gasteiger charge is -2.10. The molecule has 0 saturated carbocycles. The minimum absolute atomic E-state index is 0.654. The van der Waals surface area contributed by atoms with E-state index in [1.54, 1.807) is 13.4 Å². The van der Waals surface area contributed by atoms with Gasteiger partial charge in [0.25, 0.3) is 0 Å². The number of para-hydroxylation sites is 1. The van der Waals surface area contributed by atoms with E-state index in [9.17, 15) is 0 Å². The highest BCUT2D eigenvalue weighted by Crippen LogP contribution is 2.21. The lowest BCUT2D eigenvalue weighted by atomic mass is 10.2. The molecule has 0 aliphatic rings. The van der Waals surface area contributed by atoms with Crippen molar-refractivity contribution >= 4 is 16.9 Å². The van der Waals surface area contributed by atoms with Crippen LogP contribution in [0.25, 0.3) is 11.0 Å². The Bertz CT molecular complexity index is 692. The molecule has 96 valence electrons. The molecule has 2 aromatic heterocycles. The van der Waals surface area contributed by atoms with Crippen molar-refractivity contribution in [1.29, 1.82) is 0 Å². The van der Waals surface area contributed by atoms with E-state index in [2.05, 4.69) is 20.3 Å². The van der Waals surface area contributed by atoms with E-state index in [4.69, 9.17) is 4.74 Å². The number of ether oxygens (including phenoxy) is 1. The van der Waals surface area contributed by atoms with Crippen LogP contribution in [0.2, 0.25) is 0 Å². The molecule has 5 nitrogen and oxygen atoms in total. The minimum atomic E-state index is 0.654. The molecule has 2 heterocycles. The van der Waals surface area contributed by atoms with E-state index in [1.807, 2.05) is 36.5 Å². The highest BCUT2D eigenvalue weighted by atomic mass is 16.5. The number of benzene rings is 1. The van der Waals surface area contributed by atoms with Crippen LogP contribution in [0.1, 0.15) is 5.56 Å². The van der Waals surface area contributed by atoms with Crippen LogP contribution in [-0.4, -0.2) is 22.1 Å². The number of nitrogens with zero attached hydrogens (tertiary/aromatic N) is 2. The molecule has 0 spiro atoms. The summed E-state index contributed by atoms with van der Waals surface area (Å²) < 4.78 is 5.33. The number of anilines is 1. The third-order valence-corrected chi connectivity index (χ3v) is 2.99. The standard InChI is InChI=1S/C14H14N4O/c1-19-12-5-3-2-4-10(12)8-16-14-11-6-7-15-13(11)17-9-18-14/h2-7,9H,8H2,1H3,(H2,15,16,17,18). The van der Waals surface area contributed by atoms with Crippen LogP contribution in [0.5, 0.6) is 5.75 Å². The summed E-state index contributed by atoms with van der Waals surface area (Å²) >= 11 is 0. The molecule has 0 unspecified atom stereocenters. The van der Waals surface area contributed by atoms with Crippen molar-refractivity contribution in [3.05, 3.63) is 48.4 Å². The Balaban J connectivity index is 1.84. The van der Waals surface area contributed by atoms with Gasteiger partial charge in [-0.15, -0.1) is 0 Å². The van der Waals surface area contributed by atoms with Crippen LogP contribution < -0.4 is 10.1 Å². The van der Waals surface area contributed by atoms with Crippen LogP contribution in [-0.2, 0) is 6.54 Å². The Morgan fingerprint density at radius 3 is 3.00 bits per heavy atom. The fourth-order valence-electron chi connectivity index (χ4n) is 2.04. The topological polar surface area (TPSA) is 62.8 Å². The van der Waals surface area contributed by atoms with Gasteiger partial charge < -0.3 is 15.0 Å². The molecule has 19 heavy (non-hydrogen) atoms. The van der Waals surface area contributed by atoms with Crippen LogP contribution in [0, 0.1) is 0 Å². The smallest absolute Gasteiger partial charge is 0.142 e. The van der Waals surface area contributed by atoms with Gasteiger partial charge >= 0.3 is 0 Å². The summed E-state index contributed by atoms with van der Waals surface area (Å²) in [7, 11) is 1.67. The first-order valence-corrected chi connectivity index (χ1v) is 6.02. The second-order valence-electron chi connectivity index (χ2n) is 4.13. The van der Waals surface area contributed by atoms with Crippen molar-refractivity contribution in [2.24, 2.45) is 0 Å². The zero-order valence-electron chi connectivity index (χ0n) is 10.6.